The van der Waals surface area contributed by atoms with Crippen LogP contribution < -0.4 is 16.0 Å². The SMILES string of the molecule is CC(C)C1CC(=O)NC(n2nc(C3CC3)cc2NC(=O)c2ccc(F)cc2)N1. The van der Waals surface area contributed by atoms with Gasteiger partial charge in [-0.1, -0.05) is 13.8 Å². The second-order valence-electron chi connectivity index (χ2n) is 7.83. The number of nitrogens with zero attached hydrogens (tertiary/aromatic N) is 2. The Morgan fingerprint density at radius 2 is 2.00 bits per heavy atom. The molecule has 1 aromatic carbocycles. The van der Waals surface area contributed by atoms with Crippen LogP contribution in [0.25, 0.3) is 0 Å². The number of nitrogens with one attached hydrogen (secondary N) is 3. The Morgan fingerprint density at radius 1 is 1.29 bits per heavy atom. The summed E-state index contributed by atoms with van der Waals surface area (Å²) in [7, 11) is 0. The molecule has 28 heavy (non-hydrogen) atoms. The van der Waals surface area contributed by atoms with Gasteiger partial charge in [0.15, 0.2) is 6.29 Å². The van der Waals surface area contributed by atoms with Crippen molar-refractivity contribution in [3.63, 3.8) is 0 Å². The van der Waals surface area contributed by atoms with Crippen LogP contribution in [0.2, 0.25) is 0 Å². The monoisotopic (exact) mass is 385 g/mol. The summed E-state index contributed by atoms with van der Waals surface area (Å²) < 4.78 is 14.8. The molecule has 8 heteroatoms. The third-order valence-corrected chi connectivity index (χ3v) is 5.22. The molecule has 1 aromatic heterocycles. The summed E-state index contributed by atoms with van der Waals surface area (Å²) in [5.41, 5.74) is 1.25. The maximum absolute atomic E-state index is 13.1. The van der Waals surface area contributed by atoms with E-state index in [0.717, 1.165) is 18.5 Å². The van der Waals surface area contributed by atoms with Crippen LogP contribution >= 0.6 is 0 Å². The third kappa shape index (κ3) is 3.91. The number of benzene rings is 1. The van der Waals surface area contributed by atoms with Gasteiger partial charge in [0.05, 0.1) is 5.69 Å². The minimum atomic E-state index is -0.537. The van der Waals surface area contributed by atoms with E-state index in [9.17, 15) is 14.0 Å². The van der Waals surface area contributed by atoms with Crippen LogP contribution in [0.4, 0.5) is 10.2 Å². The average molecular weight is 385 g/mol. The molecule has 2 heterocycles. The van der Waals surface area contributed by atoms with Crippen molar-refractivity contribution in [2.75, 3.05) is 5.32 Å². The lowest BCUT2D eigenvalue weighted by Crippen LogP contribution is -2.55. The van der Waals surface area contributed by atoms with E-state index in [1.807, 2.05) is 6.07 Å². The van der Waals surface area contributed by atoms with Gasteiger partial charge in [-0.15, -0.1) is 0 Å². The molecule has 1 saturated heterocycles. The molecule has 1 aliphatic carbocycles. The highest BCUT2D eigenvalue weighted by atomic mass is 19.1. The Balaban J connectivity index is 1.61. The van der Waals surface area contributed by atoms with Gasteiger partial charge >= 0.3 is 0 Å². The summed E-state index contributed by atoms with van der Waals surface area (Å²) in [4.78, 5) is 24.8. The molecule has 2 fully saturated rings. The fraction of sp³-hybridized carbons (Fsp3) is 0.450. The van der Waals surface area contributed by atoms with Gasteiger partial charge in [-0.25, -0.2) is 9.07 Å². The second kappa shape index (κ2) is 7.35. The standard InChI is InChI=1S/C20H24FN5O2/c1-11(2)15-10-18(27)24-20(22-15)26-17(9-16(25-26)12-3-4-12)23-19(28)13-5-7-14(21)8-6-13/h5-9,11-12,15,20,22H,3-4,10H2,1-2H3,(H,23,28)(H,24,27). The minimum absolute atomic E-state index is 0.0213. The van der Waals surface area contributed by atoms with Gasteiger partial charge in [0.1, 0.15) is 11.6 Å². The first-order valence-corrected chi connectivity index (χ1v) is 9.62. The summed E-state index contributed by atoms with van der Waals surface area (Å²) in [6, 6.07) is 7.24. The highest BCUT2D eigenvalue weighted by Crippen LogP contribution is 2.40. The zero-order valence-electron chi connectivity index (χ0n) is 15.9. The zero-order valence-corrected chi connectivity index (χ0v) is 15.9. The molecule has 0 spiro atoms. The fourth-order valence-electron chi connectivity index (χ4n) is 3.35. The van der Waals surface area contributed by atoms with Crippen LogP contribution in [0, 0.1) is 11.7 Å². The van der Waals surface area contributed by atoms with Crippen LogP contribution in [-0.2, 0) is 4.79 Å². The van der Waals surface area contributed by atoms with Crippen molar-refractivity contribution in [2.24, 2.45) is 5.92 Å². The van der Waals surface area contributed by atoms with Gasteiger partial charge in [0.2, 0.25) is 5.91 Å². The Kier molecular flexibility index (Phi) is 4.89. The molecule has 2 unspecified atom stereocenters. The fourth-order valence-corrected chi connectivity index (χ4v) is 3.35. The Labute approximate surface area is 162 Å². The van der Waals surface area contributed by atoms with Crippen molar-refractivity contribution < 1.29 is 14.0 Å². The highest BCUT2D eigenvalue weighted by molar-refractivity contribution is 6.03. The van der Waals surface area contributed by atoms with Crippen molar-refractivity contribution in [3.8, 4) is 0 Å². The number of carbonyl (C=O) groups excluding carboxylic acids is 2. The highest BCUT2D eigenvalue weighted by Gasteiger charge is 2.33. The summed E-state index contributed by atoms with van der Waals surface area (Å²) in [6.45, 7) is 4.12. The Hall–Kier alpha value is -2.74. The number of aromatic nitrogens is 2. The molecule has 2 amide bonds. The first-order valence-electron chi connectivity index (χ1n) is 9.62. The van der Waals surface area contributed by atoms with E-state index in [-0.39, 0.29) is 23.8 Å². The minimum Gasteiger partial charge on any atom is -0.322 e. The number of halogens is 1. The zero-order chi connectivity index (χ0) is 19.8. The predicted octanol–water partition coefficient (Wildman–Crippen LogP) is 2.74. The first-order chi connectivity index (χ1) is 13.4. The summed E-state index contributed by atoms with van der Waals surface area (Å²) in [6.07, 6.45) is 2.01. The number of hydrogen-bond acceptors (Lipinski definition) is 4. The van der Waals surface area contributed by atoms with E-state index in [4.69, 9.17) is 0 Å². The lowest BCUT2D eigenvalue weighted by molar-refractivity contribution is -0.126. The van der Waals surface area contributed by atoms with Crippen LogP contribution in [0.1, 0.15) is 61.4 Å². The van der Waals surface area contributed by atoms with Gasteiger partial charge in [-0.05, 0) is 43.0 Å². The normalized spacial score (nSPS) is 22.2. The van der Waals surface area contributed by atoms with Crippen LogP contribution in [-0.4, -0.2) is 27.6 Å². The maximum atomic E-state index is 13.1. The molecule has 148 valence electrons. The first kappa shape index (κ1) is 18.6. The number of carbonyl (C=O) groups is 2. The average Bonchev–Trinajstić information content (AvgIpc) is 3.42. The summed E-state index contributed by atoms with van der Waals surface area (Å²) in [5, 5.41) is 13.8. The summed E-state index contributed by atoms with van der Waals surface area (Å²) in [5.74, 6) is 0.366. The number of hydrogen-bond donors (Lipinski definition) is 3. The Bertz CT molecular complexity index is 889. The van der Waals surface area contributed by atoms with Crippen LogP contribution in [0.5, 0.6) is 0 Å². The quantitative estimate of drug-likeness (QED) is 0.739. The lowest BCUT2D eigenvalue weighted by atomic mass is 9.99. The van der Waals surface area contributed by atoms with E-state index in [2.05, 4.69) is 34.9 Å². The lowest BCUT2D eigenvalue weighted by Gasteiger charge is -2.34. The van der Waals surface area contributed by atoms with Gasteiger partial charge < -0.3 is 10.6 Å². The van der Waals surface area contributed by atoms with E-state index in [0.29, 0.717) is 23.7 Å². The largest absolute Gasteiger partial charge is 0.322 e. The van der Waals surface area contributed by atoms with Gasteiger partial charge in [-0.2, -0.15) is 5.10 Å². The van der Waals surface area contributed by atoms with E-state index in [1.54, 1.807) is 4.68 Å². The van der Waals surface area contributed by atoms with Crippen molar-refractivity contribution >= 4 is 17.6 Å². The molecular formula is C20H24FN5O2. The molecule has 0 radical (unpaired) electrons. The van der Waals surface area contributed by atoms with Crippen molar-refractivity contribution in [1.29, 1.82) is 0 Å². The van der Waals surface area contributed by atoms with Gasteiger partial charge in [-0.3, -0.25) is 14.9 Å². The molecule has 2 atom stereocenters. The molecule has 1 saturated carbocycles. The molecular weight excluding hydrogens is 361 g/mol. The number of rotatable bonds is 5. The molecule has 3 N–H and O–H groups in total. The van der Waals surface area contributed by atoms with Crippen molar-refractivity contribution in [1.82, 2.24) is 20.4 Å². The molecule has 2 aliphatic rings. The smallest absolute Gasteiger partial charge is 0.256 e. The topological polar surface area (TPSA) is 88.1 Å². The van der Waals surface area contributed by atoms with Crippen LogP contribution in [0.3, 0.4) is 0 Å². The van der Waals surface area contributed by atoms with E-state index < -0.39 is 12.1 Å². The molecule has 0 bridgehead atoms. The van der Waals surface area contributed by atoms with E-state index >= 15 is 0 Å². The van der Waals surface area contributed by atoms with Crippen molar-refractivity contribution in [2.45, 2.75) is 51.4 Å². The number of anilines is 1. The van der Waals surface area contributed by atoms with Gasteiger partial charge in [0.25, 0.3) is 5.91 Å². The maximum Gasteiger partial charge on any atom is 0.256 e. The van der Waals surface area contributed by atoms with Crippen LogP contribution in [0.15, 0.2) is 30.3 Å². The molecule has 2 aromatic rings. The second-order valence-corrected chi connectivity index (χ2v) is 7.83. The third-order valence-electron chi connectivity index (χ3n) is 5.22. The predicted molar refractivity (Wildman–Crippen MR) is 102 cm³/mol. The molecule has 4 rings (SSSR count). The van der Waals surface area contributed by atoms with Gasteiger partial charge in [0, 0.05) is 30.0 Å². The molecule has 7 nitrogen and oxygen atoms in total. The Morgan fingerprint density at radius 3 is 2.64 bits per heavy atom. The number of amides is 2. The van der Waals surface area contributed by atoms with Crippen molar-refractivity contribution in [3.05, 3.63) is 47.4 Å². The molecule has 1 aliphatic heterocycles. The van der Waals surface area contributed by atoms with E-state index in [1.165, 1.54) is 24.3 Å². The summed E-state index contributed by atoms with van der Waals surface area (Å²) >= 11 is 0.